The third-order valence-corrected chi connectivity index (χ3v) is 2.17. The summed E-state index contributed by atoms with van der Waals surface area (Å²) in [5, 5.41) is 0. The molecular formula is C9H12O. The first kappa shape index (κ1) is 6.17. The van der Waals surface area contributed by atoms with Crippen LogP contribution in [0.4, 0.5) is 0 Å². The molecule has 1 aliphatic carbocycles. The second-order valence-electron chi connectivity index (χ2n) is 3.11. The van der Waals surface area contributed by atoms with Gasteiger partial charge in [0.25, 0.3) is 0 Å². The summed E-state index contributed by atoms with van der Waals surface area (Å²) < 4.78 is 5.32. The summed E-state index contributed by atoms with van der Waals surface area (Å²) in [6.45, 7) is 3.96. The first-order valence-corrected chi connectivity index (χ1v) is 3.83. The topological polar surface area (TPSA) is 9.23 Å². The van der Waals surface area contributed by atoms with E-state index in [-0.39, 0.29) is 0 Å². The Bertz CT molecular complexity index is 191. The van der Waals surface area contributed by atoms with Crippen molar-refractivity contribution in [1.29, 1.82) is 0 Å². The van der Waals surface area contributed by atoms with Crippen LogP contribution in [0, 0.1) is 11.8 Å². The van der Waals surface area contributed by atoms with Gasteiger partial charge in [0.05, 0.1) is 13.2 Å². The molecule has 10 heavy (non-hydrogen) atoms. The zero-order chi connectivity index (χ0) is 6.97. The van der Waals surface area contributed by atoms with Crippen molar-refractivity contribution in [3.8, 4) is 0 Å². The van der Waals surface area contributed by atoms with Crippen molar-refractivity contribution in [2.45, 2.75) is 6.92 Å². The first-order valence-electron chi connectivity index (χ1n) is 3.83. The fourth-order valence-electron chi connectivity index (χ4n) is 1.57. The fourth-order valence-corrected chi connectivity index (χ4v) is 1.57. The van der Waals surface area contributed by atoms with Gasteiger partial charge < -0.3 is 4.74 Å². The third-order valence-electron chi connectivity index (χ3n) is 2.17. The molecule has 0 aromatic carbocycles. The summed E-state index contributed by atoms with van der Waals surface area (Å²) in [6, 6.07) is 0. The Balaban J connectivity index is 2.22. The van der Waals surface area contributed by atoms with E-state index < -0.39 is 0 Å². The summed E-state index contributed by atoms with van der Waals surface area (Å²) in [7, 11) is 0. The molecule has 2 atom stereocenters. The average Bonchev–Trinajstić information content (AvgIpc) is 2.33. The molecule has 1 heteroatoms. The lowest BCUT2D eigenvalue weighted by Crippen LogP contribution is -2.04. The fraction of sp³-hybridized carbons (Fsp3) is 0.556. The SMILES string of the molecule is C[C@H]1C=C[C@H]2COCC2=C1. The molecule has 0 saturated carbocycles. The van der Waals surface area contributed by atoms with Crippen molar-refractivity contribution < 1.29 is 4.74 Å². The Labute approximate surface area is 61.4 Å². The Morgan fingerprint density at radius 1 is 1.50 bits per heavy atom. The Kier molecular flexibility index (Phi) is 1.38. The van der Waals surface area contributed by atoms with E-state index in [1.807, 2.05) is 0 Å². The molecule has 0 N–H and O–H groups in total. The molecule has 0 spiro atoms. The zero-order valence-electron chi connectivity index (χ0n) is 6.21. The molecule has 0 aromatic heterocycles. The zero-order valence-corrected chi connectivity index (χ0v) is 6.21. The number of allylic oxidation sites excluding steroid dienone is 2. The molecule has 0 aromatic rings. The van der Waals surface area contributed by atoms with Crippen LogP contribution in [-0.2, 0) is 4.74 Å². The van der Waals surface area contributed by atoms with Gasteiger partial charge in [-0.3, -0.25) is 0 Å². The molecular weight excluding hydrogens is 124 g/mol. The van der Waals surface area contributed by atoms with E-state index in [0.29, 0.717) is 11.8 Å². The molecule has 0 radical (unpaired) electrons. The molecule has 0 bridgehead atoms. The summed E-state index contributed by atoms with van der Waals surface area (Å²) in [6.07, 6.45) is 6.84. The summed E-state index contributed by atoms with van der Waals surface area (Å²) >= 11 is 0. The predicted molar refractivity (Wildman–Crippen MR) is 40.7 cm³/mol. The van der Waals surface area contributed by atoms with Gasteiger partial charge in [0.1, 0.15) is 0 Å². The van der Waals surface area contributed by atoms with E-state index in [4.69, 9.17) is 4.74 Å². The molecule has 54 valence electrons. The van der Waals surface area contributed by atoms with Crippen LogP contribution >= 0.6 is 0 Å². The normalized spacial score (nSPS) is 37.5. The predicted octanol–water partition coefficient (Wildman–Crippen LogP) is 1.77. The molecule has 1 saturated heterocycles. The average molecular weight is 136 g/mol. The molecule has 1 nitrogen and oxygen atoms in total. The van der Waals surface area contributed by atoms with Gasteiger partial charge >= 0.3 is 0 Å². The van der Waals surface area contributed by atoms with Gasteiger partial charge in [-0.1, -0.05) is 25.2 Å². The van der Waals surface area contributed by atoms with Crippen LogP contribution < -0.4 is 0 Å². The minimum atomic E-state index is 0.608. The van der Waals surface area contributed by atoms with Crippen LogP contribution in [0.3, 0.4) is 0 Å². The number of hydrogen-bond donors (Lipinski definition) is 0. The van der Waals surface area contributed by atoms with Gasteiger partial charge in [0, 0.05) is 5.92 Å². The van der Waals surface area contributed by atoms with Gasteiger partial charge in [0.2, 0.25) is 0 Å². The maximum atomic E-state index is 5.32. The third kappa shape index (κ3) is 0.907. The largest absolute Gasteiger partial charge is 0.376 e. The molecule has 1 aliphatic heterocycles. The highest BCUT2D eigenvalue weighted by Gasteiger charge is 2.21. The molecule has 2 aliphatic rings. The highest BCUT2D eigenvalue weighted by Crippen LogP contribution is 2.27. The van der Waals surface area contributed by atoms with Crippen molar-refractivity contribution in [3.63, 3.8) is 0 Å². The van der Waals surface area contributed by atoms with Gasteiger partial charge in [-0.15, -0.1) is 0 Å². The van der Waals surface area contributed by atoms with Crippen LogP contribution in [0.15, 0.2) is 23.8 Å². The van der Waals surface area contributed by atoms with E-state index >= 15 is 0 Å². The van der Waals surface area contributed by atoms with E-state index in [1.54, 1.807) is 0 Å². The van der Waals surface area contributed by atoms with Crippen LogP contribution in [0.2, 0.25) is 0 Å². The second kappa shape index (κ2) is 2.24. The monoisotopic (exact) mass is 136 g/mol. The maximum Gasteiger partial charge on any atom is 0.0684 e. The highest BCUT2D eigenvalue weighted by molar-refractivity contribution is 5.24. The van der Waals surface area contributed by atoms with Crippen LogP contribution in [0.5, 0.6) is 0 Å². The van der Waals surface area contributed by atoms with Gasteiger partial charge in [-0.2, -0.15) is 0 Å². The molecule has 0 unspecified atom stereocenters. The highest BCUT2D eigenvalue weighted by atomic mass is 16.5. The van der Waals surface area contributed by atoms with Crippen molar-refractivity contribution in [3.05, 3.63) is 23.8 Å². The number of rotatable bonds is 0. The van der Waals surface area contributed by atoms with Crippen molar-refractivity contribution in [2.75, 3.05) is 13.2 Å². The smallest absolute Gasteiger partial charge is 0.0684 e. The molecule has 1 heterocycles. The molecule has 0 amide bonds. The Hall–Kier alpha value is -0.560. The Morgan fingerprint density at radius 2 is 2.40 bits per heavy atom. The Morgan fingerprint density at radius 3 is 3.30 bits per heavy atom. The summed E-state index contributed by atoms with van der Waals surface area (Å²) in [4.78, 5) is 0. The van der Waals surface area contributed by atoms with Gasteiger partial charge in [0.15, 0.2) is 0 Å². The number of fused-ring (bicyclic) bond motifs is 1. The lowest BCUT2D eigenvalue weighted by Gasteiger charge is -2.12. The summed E-state index contributed by atoms with van der Waals surface area (Å²) in [5.74, 6) is 1.23. The quantitative estimate of drug-likeness (QED) is 0.461. The van der Waals surface area contributed by atoms with E-state index in [9.17, 15) is 0 Å². The first-order chi connectivity index (χ1) is 4.86. The second-order valence-corrected chi connectivity index (χ2v) is 3.11. The van der Waals surface area contributed by atoms with Crippen molar-refractivity contribution >= 4 is 0 Å². The van der Waals surface area contributed by atoms with E-state index in [2.05, 4.69) is 25.2 Å². The number of hydrogen-bond acceptors (Lipinski definition) is 1. The minimum absolute atomic E-state index is 0.608. The van der Waals surface area contributed by atoms with E-state index in [0.717, 1.165) is 13.2 Å². The number of ether oxygens (including phenoxy) is 1. The minimum Gasteiger partial charge on any atom is -0.376 e. The van der Waals surface area contributed by atoms with Crippen molar-refractivity contribution in [2.24, 2.45) is 11.8 Å². The van der Waals surface area contributed by atoms with Crippen LogP contribution in [0.25, 0.3) is 0 Å². The molecule has 1 fully saturated rings. The van der Waals surface area contributed by atoms with E-state index in [1.165, 1.54) is 5.57 Å². The standard InChI is InChI=1S/C9H12O/c1-7-2-3-8-5-10-6-9(8)4-7/h2-4,7-8H,5-6H2,1H3/t7-,8-/m0/s1. The lowest BCUT2D eigenvalue weighted by atomic mass is 9.92. The summed E-state index contributed by atoms with van der Waals surface area (Å²) in [5.41, 5.74) is 1.48. The van der Waals surface area contributed by atoms with Crippen LogP contribution in [-0.4, -0.2) is 13.2 Å². The van der Waals surface area contributed by atoms with Crippen molar-refractivity contribution in [1.82, 2.24) is 0 Å². The molecule has 2 rings (SSSR count). The van der Waals surface area contributed by atoms with Gasteiger partial charge in [-0.25, -0.2) is 0 Å². The van der Waals surface area contributed by atoms with Crippen LogP contribution in [0.1, 0.15) is 6.92 Å². The lowest BCUT2D eigenvalue weighted by molar-refractivity contribution is 0.195. The van der Waals surface area contributed by atoms with Gasteiger partial charge in [-0.05, 0) is 11.5 Å². The maximum absolute atomic E-state index is 5.32.